The van der Waals surface area contributed by atoms with Gasteiger partial charge in [-0.1, -0.05) is 60.7 Å². The zero-order valence-electron chi connectivity index (χ0n) is 26.9. The topological polar surface area (TPSA) is 105 Å². The van der Waals surface area contributed by atoms with Crippen molar-refractivity contribution in [2.24, 2.45) is 0 Å². The molecule has 48 heavy (non-hydrogen) atoms. The number of carbonyl (C=O) groups is 1. The number of urea groups is 1. The molecule has 0 aliphatic carbocycles. The van der Waals surface area contributed by atoms with Gasteiger partial charge in [0, 0.05) is 54.8 Å². The third-order valence-electron chi connectivity index (χ3n) is 8.11. The van der Waals surface area contributed by atoms with E-state index in [0.29, 0.717) is 30.1 Å². The van der Waals surface area contributed by atoms with Crippen molar-refractivity contribution in [3.63, 3.8) is 0 Å². The largest absolute Gasteiger partial charge is 0.457 e. The molecular weight excluding hydrogens is 604 g/mol. The summed E-state index contributed by atoms with van der Waals surface area (Å²) in [4.78, 5) is 19.6. The SMILES string of the molecule is CN(CCc1ccccn1)CC1CC(c2ccc(CO)cc2)OC(c2cccc(NC(=O)Nc3ccc(Oc4ccccc4)cc3)c2)O1. The fourth-order valence-corrected chi connectivity index (χ4v) is 5.61. The quantitative estimate of drug-likeness (QED) is 0.128. The summed E-state index contributed by atoms with van der Waals surface area (Å²) in [6.45, 7) is 1.55. The van der Waals surface area contributed by atoms with Crippen molar-refractivity contribution >= 4 is 17.4 Å². The predicted octanol–water partition coefficient (Wildman–Crippen LogP) is 7.73. The minimum absolute atomic E-state index is 0.0113. The number of aliphatic hydroxyl groups is 1. The number of rotatable bonds is 12. The molecule has 246 valence electrons. The van der Waals surface area contributed by atoms with Crippen LogP contribution in [0.3, 0.4) is 0 Å². The Morgan fingerprint density at radius 2 is 1.58 bits per heavy atom. The lowest BCUT2D eigenvalue weighted by Gasteiger charge is -2.38. The van der Waals surface area contributed by atoms with Crippen LogP contribution in [0.4, 0.5) is 16.2 Å². The normalized spacial score (nSPS) is 17.5. The molecule has 5 aromatic rings. The molecule has 6 rings (SSSR count). The lowest BCUT2D eigenvalue weighted by Crippen LogP contribution is -2.38. The maximum Gasteiger partial charge on any atom is 0.323 e. The first-order chi connectivity index (χ1) is 23.5. The van der Waals surface area contributed by atoms with Gasteiger partial charge in [0.2, 0.25) is 0 Å². The van der Waals surface area contributed by atoms with Gasteiger partial charge in [-0.15, -0.1) is 0 Å². The average Bonchev–Trinajstić information content (AvgIpc) is 3.12. The van der Waals surface area contributed by atoms with E-state index in [0.717, 1.165) is 41.1 Å². The molecule has 2 amide bonds. The number of aliphatic hydroxyl groups excluding tert-OH is 1. The Morgan fingerprint density at radius 1 is 0.833 bits per heavy atom. The lowest BCUT2D eigenvalue weighted by atomic mass is 9.99. The summed E-state index contributed by atoms with van der Waals surface area (Å²) >= 11 is 0. The molecule has 2 heterocycles. The van der Waals surface area contributed by atoms with E-state index in [1.54, 1.807) is 24.3 Å². The molecule has 1 aromatic heterocycles. The minimum atomic E-state index is -0.641. The highest BCUT2D eigenvalue weighted by molar-refractivity contribution is 5.99. The number of nitrogens with zero attached hydrogens (tertiary/aromatic N) is 2. The van der Waals surface area contributed by atoms with Crippen LogP contribution >= 0.6 is 0 Å². The zero-order valence-corrected chi connectivity index (χ0v) is 26.9. The Balaban J connectivity index is 1.10. The Kier molecular flexibility index (Phi) is 11.1. The van der Waals surface area contributed by atoms with E-state index in [1.165, 1.54) is 0 Å². The van der Waals surface area contributed by atoms with Crippen molar-refractivity contribution in [2.75, 3.05) is 30.8 Å². The van der Waals surface area contributed by atoms with Gasteiger partial charge in [-0.3, -0.25) is 4.98 Å². The van der Waals surface area contributed by atoms with Crippen LogP contribution in [0.5, 0.6) is 11.5 Å². The molecule has 4 aromatic carbocycles. The molecule has 1 aliphatic rings. The van der Waals surface area contributed by atoms with Crippen LogP contribution < -0.4 is 15.4 Å². The first-order valence-corrected chi connectivity index (χ1v) is 16.1. The number of pyridine rings is 1. The Bertz CT molecular complexity index is 1740. The van der Waals surface area contributed by atoms with Gasteiger partial charge in [0.1, 0.15) is 11.5 Å². The van der Waals surface area contributed by atoms with Gasteiger partial charge in [0.05, 0.1) is 18.8 Å². The summed E-state index contributed by atoms with van der Waals surface area (Å²) in [5.41, 5.74) is 4.97. The van der Waals surface area contributed by atoms with E-state index in [1.807, 2.05) is 103 Å². The van der Waals surface area contributed by atoms with E-state index >= 15 is 0 Å². The molecule has 3 atom stereocenters. The summed E-state index contributed by atoms with van der Waals surface area (Å²) in [5, 5.41) is 15.3. The van der Waals surface area contributed by atoms with Gasteiger partial charge in [-0.25, -0.2) is 4.79 Å². The maximum absolute atomic E-state index is 12.9. The number of carbonyl (C=O) groups excluding carboxylic acids is 1. The van der Waals surface area contributed by atoms with Gasteiger partial charge in [-0.05, 0) is 78.8 Å². The Labute approximate surface area is 281 Å². The number of nitrogens with one attached hydrogen (secondary N) is 2. The van der Waals surface area contributed by atoms with E-state index in [4.69, 9.17) is 14.2 Å². The fourth-order valence-electron chi connectivity index (χ4n) is 5.61. The van der Waals surface area contributed by atoms with Gasteiger partial charge >= 0.3 is 6.03 Å². The average molecular weight is 645 g/mol. The molecule has 1 fully saturated rings. The molecule has 3 unspecified atom stereocenters. The summed E-state index contributed by atoms with van der Waals surface area (Å²) in [5.74, 6) is 1.42. The number of likely N-dealkylation sites (N-methyl/N-ethyl adjacent to an activating group) is 1. The van der Waals surface area contributed by atoms with Crippen LogP contribution in [-0.4, -0.2) is 47.3 Å². The molecule has 0 radical (unpaired) electrons. The zero-order chi connectivity index (χ0) is 33.1. The number of para-hydroxylation sites is 1. The smallest absolute Gasteiger partial charge is 0.323 e. The number of anilines is 2. The second-order valence-electron chi connectivity index (χ2n) is 11.8. The number of amides is 2. The van der Waals surface area contributed by atoms with E-state index < -0.39 is 6.29 Å². The minimum Gasteiger partial charge on any atom is -0.457 e. The second kappa shape index (κ2) is 16.2. The Hall–Kier alpha value is -5.06. The van der Waals surface area contributed by atoms with Crippen LogP contribution in [0.15, 0.2) is 128 Å². The van der Waals surface area contributed by atoms with Crippen LogP contribution in [0.2, 0.25) is 0 Å². The van der Waals surface area contributed by atoms with Gasteiger partial charge in [-0.2, -0.15) is 0 Å². The van der Waals surface area contributed by atoms with E-state index in [2.05, 4.69) is 27.6 Å². The number of benzene rings is 4. The van der Waals surface area contributed by atoms with Crippen molar-refractivity contribution in [1.82, 2.24) is 9.88 Å². The lowest BCUT2D eigenvalue weighted by molar-refractivity contribution is -0.252. The maximum atomic E-state index is 12.9. The highest BCUT2D eigenvalue weighted by atomic mass is 16.7. The van der Waals surface area contributed by atoms with Crippen LogP contribution in [0, 0.1) is 0 Å². The van der Waals surface area contributed by atoms with Crippen molar-refractivity contribution < 1.29 is 24.1 Å². The standard InChI is InChI=1S/C39H40N4O5/c1-43(23-21-31-9-5-6-22-40-31)26-36-25-37(29-15-13-28(27-44)14-16-29)48-38(47-36)30-8-7-10-33(24-30)42-39(45)41-32-17-19-35(20-18-32)46-34-11-3-2-4-12-34/h2-20,22,24,36-38,44H,21,23,25-27H2,1H3,(H2,41,42,45). The molecule has 9 nitrogen and oxygen atoms in total. The van der Waals surface area contributed by atoms with Crippen LogP contribution in [-0.2, 0) is 22.5 Å². The molecule has 0 saturated carbocycles. The number of hydrogen-bond donors (Lipinski definition) is 3. The first kappa shape index (κ1) is 32.9. The third-order valence-corrected chi connectivity index (χ3v) is 8.11. The highest BCUT2D eigenvalue weighted by Gasteiger charge is 2.33. The molecular formula is C39H40N4O5. The highest BCUT2D eigenvalue weighted by Crippen LogP contribution is 2.38. The van der Waals surface area contributed by atoms with Crippen molar-refractivity contribution in [2.45, 2.75) is 37.9 Å². The number of aromatic nitrogens is 1. The second-order valence-corrected chi connectivity index (χ2v) is 11.8. The summed E-state index contributed by atoms with van der Waals surface area (Å²) in [7, 11) is 2.09. The monoisotopic (exact) mass is 644 g/mol. The Morgan fingerprint density at radius 3 is 2.33 bits per heavy atom. The number of hydrogen-bond acceptors (Lipinski definition) is 7. The number of ether oxygens (including phenoxy) is 3. The van der Waals surface area contributed by atoms with Gasteiger partial charge < -0.3 is 34.9 Å². The van der Waals surface area contributed by atoms with Crippen molar-refractivity contribution in [3.8, 4) is 11.5 Å². The molecule has 1 saturated heterocycles. The molecule has 0 spiro atoms. The third kappa shape index (κ3) is 9.27. The molecule has 9 heteroatoms. The summed E-state index contributed by atoms with van der Waals surface area (Å²) in [6.07, 6.45) is 2.39. The summed E-state index contributed by atoms with van der Waals surface area (Å²) < 4.78 is 18.9. The van der Waals surface area contributed by atoms with Crippen molar-refractivity contribution in [1.29, 1.82) is 0 Å². The first-order valence-electron chi connectivity index (χ1n) is 16.1. The molecule has 3 N–H and O–H groups in total. The van der Waals surface area contributed by atoms with Crippen molar-refractivity contribution in [3.05, 3.63) is 150 Å². The summed E-state index contributed by atoms with van der Waals surface area (Å²) in [6, 6.07) is 37.7. The predicted molar refractivity (Wildman–Crippen MR) is 186 cm³/mol. The van der Waals surface area contributed by atoms with Crippen LogP contribution in [0.1, 0.15) is 41.2 Å². The van der Waals surface area contributed by atoms with Gasteiger partial charge in [0.25, 0.3) is 0 Å². The molecule has 0 bridgehead atoms. The van der Waals surface area contributed by atoms with Gasteiger partial charge in [0.15, 0.2) is 6.29 Å². The fraction of sp³-hybridized carbons (Fsp3) is 0.231. The van der Waals surface area contributed by atoms with E-state index in [-0.39, 0.29) is 24.8 Å². The molecule has 1 aliphatic heterocycles. The van der Waals surface area contributed by atoms with E-state index in [9.17, 15) is 9.90 Å². The van der Waals surface area contributed by atoms with Crippen LogP contribution in [0.25, 0.3) is 0 Å².